The average molecular weight is 532 g/mol. The maximum Gasteiger partial charge on any atom is 0.295 e. The number of imidazole rings is 1. The summed E-state index contributed by atoms with van der Waals surface area (Å²) in [7, 11) is 0. The highest BCUT2D eigenvalue weighted by atomic mass is 16.6. The van der Waals surface area contributed by atoms with E-state index in [1.54, 1.807) is 35.6 Å². The van der Waals surface area contributed by atoms with E-state index in [1.165, 1.54) is 0 Å². The molecule has 2 aromatic carbocycles. The number of aromatic nitrogens is 2. The molecule has 0 bridgehead atoms. The lowest BCUT2D eigenvalue weighted by atomic mass is 9.95. The van der Waals surface area contributed by atoms with E-state index in [0.717, 1.165) is 30.6 Å². The first kappa shape index (κ1) is 26.3. The Kier molecular flexibility index (Phi) is 8.15. The molecule has 9 heteroatoms. The largest absolute Gasteiger partial charge is 0.507 e. The van der Waals surface area contributed by atoms with E-state index in [0.29, 0.717) is 56.4 Å². The summed E-state index contributed by atoms with van der Waals surface area (Å²) >= 11 is 0. The fourth-order valence-electron chi connectivity index (χ4n) is 4.93. The van der Waals surface area contributed by atoms with E-state index >= 15 is 0 Å². The third-order valence-corrected chi connectivity index (χ3v) is 6.94. The van der Waals surface area contributed by atoms with Crippen LogP contribution in [-0.4, -0.2) is 57.6 Å². The summed E-state index contributed by atoms with van der Waals surface area (Å²) in [6.07, 6.45) is 9.08. The molecule has 9 nitrogen and oxygen atoms in total. The van der Waals surface area contributed by atoms with Crippen molar-refractivity contribution in [1.82, 2.24) is 14.5 Å². The Morgan fingerprint density at radius 2 is 1.82 bits per heavy atom. The van der Waals surface area contributed by atoms with Crippen LogP contribution in [0.4, 0.5) is 0 Å². The summed E-state index contributed by atoms with van der Waals surface area (Å²) in [5.41, 5.74) is 1.16. The number of ether oxygens (including phenoxy) is 3. The summed E-state index contributed by atoms with van der Waals surface area (Å²) in [6.45, 7) is 4.59. The normalized spacial score (nSPS) is 18.0. The number of hydrogen-bond acceptors (Lipinski definition) is 7. The molecule has 0 spiro atoms. The smallest absolute Gasteiger partial charge is 0.295 e. The van der Waals surface area contributed by atoms with Gasteiger partial charge in [-0.3, -0.25) is 9.59 Å². The number of benzene rings is 2. The summed E-state index contributed by atoms with van der Waals surface area (Å²) in [5, 5.41) is 11.4. The number of fused-ring (bicyclic) bond motifs is 1. The molecule has 2 aliphatic rings. The van der Waals surface area contributed by atoms with E-state index in [-0.39, 0.29) is 11.3 Å². The summed E-state index contributed by atoms with van der Waals surface area (Å²) < 4.78 is 19.0. The lowest BCUT2D eigenvalue weighted by Gasteiger charge is -2.26. The summed E-state index contributed by atoms with van der Waals surface area (Å²) in [4.78, 5) is 32.2. The Hall–Kier alpha value is -4.27. The van der Waals surface area contributed by atoms with Gasteiger partial charge in [0.15, 0.2) is 11.5 Å². The average Bonchev–Trinajstić information content (AvgIpc) is 3.57. The molecule has 2 aliphatic heterocycles. The highest BCUT2D eigenvalue weighted by Gasteiger charge is 2.45. The Labute approximate surface area is 227 Å². The van der Waals surface area contributed by atoms with Gasteiger partial charge in [-0.25, -0.2) is 4.98 Å². The topological polar surface area (TPSA) is 103 Å². The molecule has 0 aliphatic carbocycles. The molecule has 3 aromatic rings. The molecule has 39 heavy (non-hydrogen) atoms. The van der Waals surface area contributed by atoms with Gasteiger partial charge in [-0.1, -0.05) is 31.9 Å². The van der Waals surface area contributed by atoms with Gasteiger partial charge in [0.05, 0.1) is 24.5 Å². The van der Waals surface area contributed by atoms with Crippen LogP contribution in [0.3, 0.4) is 0 Å². The number of carbonyl (C=O) groups excluding carboxylic acids is 2. The molecule has 1 N–H and O–H groups in total. The van der Waals surface area contributed by atoms with Gasteiger partial charge in [0.2, 0.25) is 0 Å². The van der Waals surface area contributed by atoms with Crippen molar-refractivity contribution in [3.05, 3.63) is 77.9 Å². The summed E-state index contributed by atoms with van der Waals surface area (Å²) in [5.74, 6) is 0.190. The molecule has 1 saturated heterocycles. The third-order valence-electron chi connectivity index (χ3n) is 6.94. The molecule has 1 fully saturated rings. The van der Waals surface area contributed by atoms with Crippen LogP contribution in [0.15, 0.2) is 66.8 Å². The predicted molar refractivity (Wildman–Crippen MR) is 145 cm³/mol. The maximum atomic E-state index is 13.4. The Morgan fingerprint density at radius 3 is 2.56 bits per heavy atom. The molecular weight excluding hydrogens is 498 g/mol. The van der Waals surface area contributed by atoms with Gasteiger partial charge in [-0.15, -0.1) is 0 Å². The molecule has 1 aromatic heterocycles. The fourth-order valence-corrected chi connectivity index (χ4v) is 4.93. The van der Waals surface area contributed by atoms with Crippen LogP contribution in [0.5, 0.6) is 17.2 Å². The molecule has 3 heterocycles. The van der Waals surface area contributed by atoms with Crippen molar-refractivity contribution in [2.75, 3.05) is 26.4 Å². The zero-order chi connectivity index (χ0) is 27.2. The number of unbranched alkanes of at least 4 members (excludes halogenated alkanes) is 2. The van der Waals surface area contributed by atoms with Gasteiger partial charge in [-0.2, -0.15) is 0 Å². The number of likely N-dealkylation sites (tertiary alicyclic amines) is 1. The molecule has 0 radical (unpaired) electrons. The van der Waals surface area contributed by atoms with Crippen molar-refractivity contribution >= 4 is 17.4 Å². The van der Waals surface area contributed by atoms with Crippen LogP contribution < -0.4 is 14.2 Å². The fraction of sp³-hybridized carbons (Fsp3) is 0.367. The monoisotopic (exact) mass is 531 g/mol. The summed E-state index contributed by atoms with van der Waals surface area (Å²) in [6, 6.07) is 11.7. The Balaban J connectivity index is 1.46. The number of nitrogens with zero attached hydrogens (tertiary/aromatic N) is 3. The van der Waals surface area contributed by atoms with Crippen molar-refractivity contribution in [3.8, 4) is 17.2 Å². The van der Waals surface area contributed by atoms with Crippen molar-refractivity contribution in [2.24, 2.45) is 0 Å². The lowest BCUT2D eigenvalue weighted by Crippen LogP contribution is -2.31. The molecule has 5 rings (SSSR count). The number of ketones is 1. The van der Waals surface area contributed by atoms with E-state index in [2.05, 4.69) is 11.9 Å². The maximum absolute atomic E-state index is 13.4. The lowest BCUT2D eigenvalue weighted by molar-refractivity contribution is -0.139. The number of hydrogen-bond donors (Lipinski definition) is 1. The minimum absolute atomic E-state index is 0.0518. The number of aliphatic hydroxyl groups excluding tert-OH is 1. The quantitative estimate of drug-likeness (QED) is 0.165. The van der Waals surface area contributed by atoms with Gasteiger partial charge in [0.25, 0.3) is 11.7 Å². The van der Waals surface area contributed by atoms with Crippen LogP contribution in [0.2, 0.25) is 0 Å². The third kappa shape index (κ3) is 5.77. The van der Waals surface area contributed by atoms with Crippen LogP contribution in [0.25, 0.3) is 5.76 Å². The number of rotatable bonds is 11. The molecule has 0 unspecified atom stereocenters. The second kappa shape index (κ2) is 12.1. The van der Waals surface area contributed by atoms with Crippen LogP contribution in [0.1, 0.15) is 49.8 Å². The highest BCUT2D eigenvalue weighted by molar-refractivity contribution is 6.46. The standard InChI is InChI=1S/C30H33N3O6/c1-2-3-4-16-37-23-9-6-21(7-10-23)27-26(28(34)22-8-11-24-25(19-22)39-18-17-38-24)29(35)30(36)33(27)14-5-13-32-15-12-31-20-32/h6-12,15,19-20,27,34H,2-5,13-14,16-18H2,1H3/b28-26+/t27-/m1/s1. The number of aliphatic hydroxyl groups is 1. The van der Waals surface area contributed by atoms with Crippen molar-refractivity contribution in [3.63, 3.8) is 0 Å². The first-order valence-electron chi connectivity index (χ1n) is 13.4. The highest BCUT2D eigenvalue weighted by Crippen LogP contribution is 2.41. The van der Waals surface area contributed by atoms with E-state index in [1.807, 2.05) is 35.0 Å². The zero-order valence-electron chi connectivity index (χ0n) is 22.0. The number of carbonyl (C=O) groups is 2. The van der Waals surface area contributed by atoms with E-state index in [9.17, 15) is 14.7 Å². The van der Waals surface area contributed by atoms with Gasteiger partial charge < -0.3 is 28.8 Å². The SMILES string of the molecule is CCCCCOc1ccc([C@@H]2/C(=C(\O)c3ccc4c(c3)OCCO4)C(=O)C(=O)N2CCCn2ccnc2)cc1. The number of Topliss-reactive ketones (excluding diaryl/α,β-unsaturated/α-hetero) is 1. The first-order valence-corrected chi connectivity index (χ1v) is 13.4. The van der Waals surface area contributed by atoms with Gasteiger partial charge >= 0.3 is 0 Å². The van der Waals surface area contributed by atoms with Gasteiger partial charge in [-0.05, 0) is 48.7 Å². The minimum Gasteiger partial charge on any atom is -0.507 e. The second-order valence-corrected chi connectivity index (χ2v) is 9.63. The van der Waals surface area contributed by atoms with E-state index < -0.39 is 17.7 Å². The zero-order valence-corrected chi connectivity index (χ0v) is 22.0. The minimum atomic E-state index is -0.741. The predicted octanol–water partition coefficient (Wildman–Crippen LogP) is 4.74. The van der Waals surface area contributed by atoms with E-state index in [4.69, 9.17) is 14.2 Å². The van der Waals surface area contributed by atoms with Crippen LogP contribution in [0, 0.1) is 0 Å². The van der Waals surface area contributed by atoms with Gasteiger partial charge in [0.1, 0.15) is 24.7 Å². The van der Waals surface area contributed by atoms with Crippen molar-refractivity contribution in [1.29, 1.82) is 0 Å². The number of aryl methyl sites for hydroxylation is 1. The molecule has 1 atom stereocenters. The molecule has 204 valence electrons. The molecule has 1 amide bonds. The first-order chi connectivity index (χ1) is 19.1. The molecule has 0 saturated carbocycles. The second-order valence-electron chi connectivity index (χ2n) is 9.63. The van der Waals surface area contributed by atoms with Crippen LogP contribution in [-0.2, 0) is 16.1 Å². The van der Waals surface area contributed by atoms with Gasteiger partial charge in [0, 0.05) is 31.0 Å². The molecular formula is C30H33N3O6. The Bertz CT molecular complexity index is 1330. The van der Waals surface area contributed by atoms with Crippen molar-refractivity contribution < 1.29 is 28.9 Å². The Morgan fingerprint density at radius 1 is 1.03 bits per heavy atom. The number of amides is 1. The van der Waals surface area contributed by atoms with Crippen molar-refractivity contribution in [2.45, 2.75) is 45.2 Å². The van der Waals surface area contributed by atoms with Crippen LogP contribution >= 0.6 is 0 Å².